The number of amides is 2. The Bertz CT molecular complexity index is 2140. The molecule has 0 aliphatic carbocycles. The van der Waals surface area contributed by atoms with E-state index in [1.54, 1.807) is 17.1 Å². The fraction of sp³-hybridized carbons (Fsp3) is 0.366. The maximum Gasteiger partial charge on any atom is 0.416 e. The van der Waals surface area contributed by atoms with Gasteiger partial charge in [0.05, 0.1) is 21.2 Å². The average Bonchev–Trinajstić information content (AvgIpc) is 3.23. The number of benzene rings is 3. The third-order valence-electron chi connectivity index (χ3n) is 8.06. The molecule has 16 nitrogen and oxygen atoms in total. The van der Waals surface area contributed by atoms with Crippen LogP contribution in [0.2, 0.25) is 5.02 Å². The molecule has 0 aliphatic rings. The van der Waals surface area contributed by atoms with E-state index < -0.39 is 58.1 Å². The predicted molar refractivity (Wildman–Crippen MR) is 245 cm³/mol. The third-order valence-corrected chi connectivity index (χ3v) is 10.0. The van der Waals surface area contributed by atoms with Crippen LogP contribution in [0.1, 0.15) is 47.3 Å². The number of rotatable bonds is 19. The largest absolute Gasteiger partial charge is 0.480 e. The van der Waals surface area contributed by atoms with Gasteiger partial charge in [0.25, 0.3) is 11.6 Å². The van der Waals surface area contributed by atoms with Gasteiger partial charge in [0.1, 0.15) is 35.7 Å². The second-order valence-corrected chi connectivity index (χ2v) is 17.4. The summed E-state index contributed by atoms with van der Waals surface area (Å²) in [7, 11) is -3.10. The number of carbonyl (C=O) groups excluding carboxylic acids is 2. The maximum absolute atomic E-state index is 12.6. The Balaban J connectivity index is 0.000000887. The lowest BCUT2D eigenvalue weighted by molar-refractivity contribution is -0.385. The molecule has 0 aliphatic heterocycles. The lowest BCUT2D eigenvalue weighted by Crippen LogP contribution is -2.35. The monoisotopic (exact) mass is 1020 g/mol. The van der Waals surface area contributed by atoms with Crippen molar-refractivity contribution >= 4 is 88.9 Å². The zero-order valence-electron chi connectivity index (χ0n) is 35.6. The molecule has 65 heavy (non-hydrogen) atoms. The molecule has 0 fully saturated rings. The number of nitro groups is 1. The van der Waals surface area contributed by atoms with Crippen molar-refractivity contribution in [2.45, 2.75) is 50.7 Å². The lowest BCUT2D eigenvalue weighted by Gasteiger charge is -2.25. The van der Waals surface area contributed by atoms with Crippen LogP contribution in [0.15, 0.2) is 79.9 Å². The van der Waals surface area contributed by atoms with E-state index in [9.17, 15) is 47.0 Å². The maximum atomic E-state index is 12.6. The topological polar surface area (TPSA) is 240 Å². The van der Waals surface area contributed by atoms with Crippen LogP contribution in [0.4, 0.5) is 24.5 Å². The van der Waals surface area contributed by atoms with Gasteiger partial charge in [-0.25, -0.2) is 4.79 Å². The smallest absolute Gasteiger partial charge is 0.416 e. The summed E-state index contributed by atoms with van der Waals surface area (Å²) in [5.41, 5.74) is 5.97. The molecule has 0 saturated heterocycles. The number of halogens is 7. The molecule has 0 spiro atoms. The molecule has 0 heterocycles. The molecule has 5 N–H and O–H groups in total. The number of aliphatic carboxylic acids is 1. The molecule has 2 amide bonds. The minimum absolute atomic E-state index is 0.0371. The quantitative estimate of drug-likeness (QED) is 0.0219. The van der Waals surface area contributed by atoms with Crippen LogP contribution in [0.25, 0.3) is 0 Å². The number of anilines is 1. The number of carboxylic acids is 2. The van der Waals surface area contributed by atoms with E-state index in [0.717, 1.165) is 53.6 Å². The fourth-order valence-electron chi connectivity index (χ4n) is 4.91. The van der Waals surface area contributed by atoms with Crippen molar-refractivity contribution in [2.24, 2.45) is 5.73 Å². The van der Waals surface area contributed by atoms with Gasteiger partial charge in [0.15, 0.2) is 12.2 Å². The molecule has 0 saturated carbocycles. The highest BCUT2D eigenvalue weighted by atomic mass is 35.5. The highest BCUT2D eigenvalue weighted by Crippen LogP contribution is 2.38. The summed E-state index contributed by atoms with van der Waals surface area (Å²) in [5.74, 6) is -3.46. The molecular weight excluding hydrogens is 970 g/mol. The molecule has 3 aromatic rings. The molecule has 2 atom stereocenters. The molecule has 0 radical (unpaired) electrons. The first-order chi connectivity index (χ1) is 30.2. The van der Waals surface area contributed by atoms with E-state index >= 15 is 0 Å². The van der Waals surface area contributed by atoms with Crippen molar-refractivity contribution < 1.29 is 66.4 Å². The zero-order valence-corrected chi connectivity index (χ0v) is 39.5. The fourth-order valence-corrected chi connectivity index (χ4v) is 6.31. The van der Waals surface area contributed by atoms with Crippen molar-refractivity contribution in [3.8, 4) is 11.5 Å². The second-order valence-electron chi connectivity index (χ2n) is 13.1. The first-order valence-electron chi connectivity index (χ1n) is 18.9. The van der Waals surface area contributed by atoms with E-state index in [0.29, 0.717) is 25.8 Å². The van der Waals surface area contributed by atoms with E-state index in [-0.39, 0.29) is 53.5 Å². The van der Waals surface area contributed by atoms with Crippen molar-refractivity contribution in [3.63, 3.8) is 0 Å². The number of nitro benzene ring substituents is 1. The number of ether oxygens (including phenoxy) is 2. The Hall–Kier alpha value is -4.72. The van der Waals surface area contributed by atoms with Gasteiger partial charge in [0.2, 0.25) is 5.91 Å². The van der Waals surface area contributed by atoms with Crippen molar-refractivity contribution in [3.05, 3.63) is 117 Å². The molecule has 0 bridgehead atoms. The van der Waals surface area contributed by atoms with Crippen molar-refractivity contribution in [1.82, 2.24) is 4.90 Å². The van der Waals surface area contributed by atoms with E-state index in [4.69, 9.17) is 76.7 Å². The number of aryl methyl sites for hydroxylation is 2. The Morgan fingerprint density at radius 1 is 1.03 bits per heavy atom. The van der Waals surface area contributed by atoms with Gasteiger partial charge in [-0.1, -0.05) is 72.1 Å². The van der Waals surface area contributed by atoms with E-state index in [1.165, 1.54) is 11.6 Å². The minimum atomic E-state index is -4.58. The number of nitrogens with two attached hydrogens (primary N) is 1. The number of carbonyl (C=O) groups is 4. The molecule has 0 aromatic heterocycles. The molecule has 360 valence electrons. The van der Waals surface area contributed by atoms with Gasteiger partial charge < -0.3 is 35.2 Å². The van der Waals surface area contributed by atoms with Gasteiger partial charge in [-0.2, -0.15) is 13.2 Å². The summed E-state index contributed by atoms with van der Waals surface area (Å²) < 4.78 is 58.9. The number of para-hydroxylation sites is 1. The van der Waals surface area contributed by atoms with E-state index in [2.05, 4.69) is 20.1 Å². The molecular formula is C41H50Cl4F3N4O12P. The predicted octanol–water partition coefficient (Wildman–Crippen LogP) is 9.56. The SMILES string of the molecule is C=CCN(CC=C)C(=O)C(Cl)Cl.CCOCN(C(=O)CCl)c1c(C)cccc1CC.CP(=O)(O)CCC(N)C(=O)O.O=C(O)c1cc(Oc2ccc(C(F)(F)F)cc2Cl)ccc1[N+](=O)[O-]. The first-order valence-corrected chi connectivity index (χ1v) is 22.9. The zero-order chi connectivity index (χ0) is 50.2. The van der Waals surface area contributed by atoms with Crippen molar-refractivity contribution in [1.29, 1.82) is 0 Å². The number of aromatic carboxylic acids is 1. The summed E-state index contributed by atoms with van der Waals surface area (Å²) in [6.07, 6.45) is -0.490. The van der Waals surface area contributed by atoms with Gasteiger partial charge in [-0.3, -0.25) is 34.0 Å². The Morgan fingerprint density at radius 2 is 1.63 bits per heavy atom. The van der Waals surface area contributed by atoms with Crippen LogP contribution in [0.5, 0.6) is 11.5 Å². The minimum Gasteiger partial charge on any atom is -0.480 e. The Labute approximate surface area is 393 Å². The number of nitrogens with zero attached hydrogens (tertiary/aromatic N) is 3. The van der Waals surface area contributed by atoms with Gasteiger partial charge in [0, 0.05) is 44.7 Å². The number of hydrogen-bond acceptors (Lipinski definition) is 10. The van der Waals surface area contributed by atoms with E-state index in [1.807, 2.05) is 32.0 Å². The van der Waals surface area contributed by atoms with Crippen LogP contribution in [0, 0.1) is 17.0 Å². The average molecular weight is 1020 g/mol. The lowest BCUT2D eigenvalue weighted by atomic mass is 10.0. The number of hydrogen-bond donors (Lipinski definition) is 4. The van der Waals surface area contributed by atoms with Crippen LogP contribution < -0.4 is 15.4 Å². The highest BCUT2D eigenvalue weighted by Gasteiger charge is 2.31. The van der Waals surface area contributed by atoms with Crippen LogP contribution >= 0.6 is 53.8 Å². The molecule has 3 rings (SSSR count). The first kappa shape index (κ1) is 60.3. The molecule has 2 unspecified atom stereocenters. The van der Waals surface area contributed by atoms with Gasteiger partial charge in [-0.05, 0) is 62.1 Å². The summed E-state index contributed by atoms with van der Waals surface area (Å²) in [4.78, 5) is 65.0. The Morgan fingerprint density at radius 3 is 2.06 bits per heavy atom. The van der Waals surface area contributed by atoms with Crippen LogP contribution in [0.3, 0.4) is 0 Å². The third kappa shape index (κ3) is 22.4. The molecule has 24 heteroatoms. The number of alkyl halides is 6. The standard InChI is InChI=1S/C14H7ClF3NO5.C14H20ClNO2.C8H11Cl2NO.C5H12NO4P/c15-10-5-7(14(16,17)18)1-4-12(10)24-8-2-3-11(19(22)23)9(6-8)13(20)21;1-4-12-8-6-7-11(3)14(12)16(10-18-5-2)13(17)9-15;1-3-5-11(6-4-2)8(12)7(9)10;1-11(9,10)3-2-4(6)5(7)8/h1-6H,(H,20,21);6-8H,4-5,9-10H2,1-3H3;3-4,7H,1-2,5-6H2;4H,2-3,6H2,1H3,(H,7,8)(H,9,10). The highest BCUT2D eigenvalue weighted by molar-refractivity contribution is 7.57. The number of carboxylic acid groups (broad SMARTS) is 2. The molecule has 3 aromatic carbocycles. The summed E-state index contributed by atoms with van der Waals surface area (Å²) in [5, 5.41) is 27.7. The normalized spacial score (nSPS) is 12.0. The van der Waals surface area contributed by atoms with Gasteiger partial charge >= 0.3 is 18.1 Å². The van der Waals surface area contributed by atoms with Crippen molar-refractivity contribution in [2.75, 3.05) is 50.0 Å². The van der Waals surface area contributed by atoms with Gasteiger partial charge in [-0.15, -0.1) is 24.8 Å². The summed E-state index contributed by atoms with van der Waals surface area (Å²) >= 11 is 22.2. The second kappa shape index (κ2) is 29.7. The van der Waals surface area contributed by atoms with Crippen LogP contribution in [-0.4, -0.2) is 105 Å². The summed E-state index contributed by atoms with van der Waals surface area (Å²) in [6, 6.07) is 10.3. The van der Waals surface area contributed by atoms with Crippen LogP contribution in [-0.2, 0) is 36.3 Å². The summed E-state index contributed by atoms with van der Waals surface area (Å²) in [6.45, 7) is 15.9. The Kier molecular flexibility index (Phi) is 27.6.